The molecule has 7 nitrogen and oxygen atoms in total. The molecule has 0 aromatic carbocycles. The van der Waals surface area contributed by atoms with Crippen LogP contribution in [0, 0.1) is 5.92 Å². The lowest BCUT2D eigenvalue weighted by atomic mass is 9.98. The van der Waals surface area contributed by atoms with Gasteiger partial charge < -0.3 is 19.6 Å². The molecule has 1 amide bonds. The molecule has 1 saturated carbocycles. The number of nitrogens with two attached hydrogens (primary N) is 1. The largest absolute Gasteiger partial charge is 0.399 e. The molecule has 0 aromatic heterocycles. The molecule has 1 rings (SSSR count). The van der Waals surface area contributed by atoms with E-state index in [2.05, 4.69) is 9.99 Å². The lowest BCUT2D eigenvalue weighted by Gasteiger charge is -2.17. The maximum absolute atomic E-state index is 12.6. The number of hydrogen-bond acceptors (Lipinski definition) is 6. The normalized spacial score (nSPS) is 21.8. The van der Waals surface area contributed by atoms with Gasteiger partial charge in [-0.2, -0.15) is 0 Å². The predicted octanol–water partition coefficient (Wildman–Crippen LogP) is 2.42. The smallest absolute Gasteiger partial charge is 0.354 e. The van der Waals surface area contributed by atoms with Crippen molar-refractivity contribution >= 4 is 19.2 Å². The van der Waals surface area contributed by atoms with Crippen LogP contribution in [0.2, 0.25) is 0 Å². The molecule has 1 aliphatic rings. The Labute approximate surface area is 125 Å². The van der Waals surface area contributed by atoms with Crippen LogP contribution in [-0.4, -0.2) is 31.9 Å². The molecule has 0 spiro atoms. The minimum absolute atomic E-state index is 0.140. The molecule has 0 saturated heterocycles. The van der Waals surface area contributed by atoms with Gasteiger partial charge in [-0.05, 0) is 33.1 Å². The highest BCUT2D eigenvalue weighted by Gasteiger charge is 2.33. The van der Waals surface area contributed by atoms with E-state index in [1.165, 1.54) is 12.9 Å². The zero-order valence-corrected chi connectivity index (χ0v) is 13.6. The highest BCUT2D eigenvalue weighted by atomic mass is 31.2. The van der Waals surface area contributed by atoms with Gasteiger partial charge >= 0.3 is 7.60 Å². The first-order valence-corrected chi connectivity index (χ1v) is 8.59. The number of nitrogens with zero attached hydrogens (tertiary/aromatic N) is 1. The van der Waals surface area contributed by atoms with Crippen molar-refractivity contribution in [2.75, 3.05) is 20.3 Å². The summed E-state index contributed by atoms with van der Waals surface area (Å²) in [5, 5.41) is 3.71. The van der Waals surface area contributed by atoms with Crippen LogP contribution in [0.15, 0.2) is 16.5 Å². The third kappa shape index (κ3) is 4.95. The Morgan fingerprint density at radius 3 is 2.52 bits per heavy atom. The van der Waals surface area contributed by atoms with Gasteiger partial charge in [0.2, 0.25) is 0 Å². The van der Waals surface area contributed by atoms with Crippen LogP contribution < -0.4 is 5.73 Å². The molecule has 2 N–H and O–H groups in total. The summed E-state index contributed by atoms with van der Waals surface area (Å²) in [6.45, 7) is 4.05. The van der Waals surface area contributed by atoms with Crippen molar-refractivity contribution in [3.05, 3.63) is 11.4 Å². The number of allylic oxidation sites excluding steroid dienone is 1. The number of carbonyl (C=O) groups excluding carboxylic acids is 1. The van der Waals surface area contributed by atoms with E-state index in [9.17, 15) is 9.36 Å². The van der Waals surface area contributed by atoms with E-state index in [1.807, 2.05) is 0 Å². The van der Waals surface area contributed by atoms with Crippen LogP contribution in [0.25, 0.3) is 0 Å². The molecule has 0 heterocycles. The van der Waals surface area contributed by atoms with Gasteiger partial charge in [-0.1, -0.05) is 10.7 Å². The summed E-state index contributed by atoms with van der Waals surface area (Å²) in [7, 11) is -1.95. The number of hydrogen-bond donors (Lipinski definition) is 1. The zero-order valence-electron chi connectivity index (χ0n) is 12.7. The molecular formula is C13H23N2O5P. The van der Waals surface area contributed by atoms with Crippen LogP contribution in [0.5, 0.6) is 0 Å². The summed E-state index contributed by atoms with van der Waals surface area (Å²) in [6, 6.07) is 0. The Morgan fingerprint density at radius 1 is 1.43 bits per heavy atom. The number of rotatable bonds is 8. The number of primary amides is 1. The first-order chi connectivity index (χ1) is 9.97. The van der Waals surface area contributed by atoms with E-state index < -0.39 is 13.5 Å². The third-order valence-corrected chi connectivity index (χ3v) is 5.00. The fourth-order valence-corrected chi connectivity index (χ4v) is 4.05. The standard InChI is InChI=1S/C13H23N2O5P/c1-4-19-21(17,20-5-2)9-10-7-6-8-11(10)12(13(14)16)15-18-3/h9,11H,4-8H2,1-3H3,(H2,14,16). The summed E-state index contributed by atoms with van der Waals surface area (Å²) < 4.78 is 23.1. The summed E-state index contributed by atoms with van der Waals surface area (Å²) in [6.07, 6.45) is 2.25. The third-order valence-electron chi connectivity index (χ3n) is 3.12. The average molecular weight is 318 g/mol. The molecule has 8 heteroatoms. The van der Waals surface area contributed by atoms with Crippen LogP contribution in [0.3, 0.4) is 0 Å². The lowest BCUT2D eigenvalue weighted by Crippen LogP contribution is -2.30. The Kier molecular flexibility index (Phi) is 7.08. The fourth-order valence-electron chi connectivity index (χ4n) is 2.39. The van der Waals surface area contributed by atoms with E-state index in [-0.39, 0.29) is 24.8 Å². The van der Waals surface area contributed by atoms with Crippen molar-refractivity contribution < 1.29 is 23.2 Å². The molecule has 0 bridgehead atoms. The second-order valence-corrected chi connectivity index (χ2v) is 6.40. The van der Waals surface area contributed by atoms with Crippen molar-refractivity contribution in [1.82, 2.24) is 0 Å². The van der Waals surface area contributed by atoms with Gasteiger partial charge in [-0.25, -0.2) is 0 Å². The van der Waals surface area contributed by atoms with Crippen molar-refractivity contribution in [3.63, 3.8) is 0 Å². The van der Waals surface area contributed by atoms with E-state index in [4.69, 9.17) is 14.8 Å². The molecule has 0 radical (unpaired) electrons. The van der Waals surface area contributed by atoms with Crippen LogP contribution in [0.1, 0.15) is 33.1 Å². The summed E-state index contributed by atoms with van der Waals surface area (Å²) in [4.78, 5) is 16.2. The average Bonchev–Trinajstić information content (AvgIpc) is 2.83. The summed E-state index contributed by atoms with van der Waals surface area (Å²) in [5.74, 6) is 0.570. The zero-order chi connectivity index (χ0) is 15.9. The molecule has 1 atom stereocenters. The van der Waals surface area contributed by atoms with Gasteiger partial charge in [0.15, 0.2) is 5.71 Å². The highest BCUT2D eigenvalue weighted by molar-refractivity contribution is 7.57. The second-order valence-electron chi connectivity index (χ2n) is 4.55. The van der Waals surface area contributed by atoms with Crippen molar-refractivity contribution in [3.8, 4) is 0 Å². The number of carbonyl (C=O) groups is 1. The first kappa shape index (κ1) is 17.9. The van der Waals surface area contributed by atoms with E-state index >= 15 is 0 Å². The highest BCUT2D eigenvalue weighted by Crippen LogP contribution is 2.53. The van der Waals surface area contributed by atoms with Gasteiger partial charge in [-0.15, -0.1) is 0 Å². The van der Waals surface area contributed by atoms with Crippen LogP contribution >= 0.6 is 7.60 Å². The Morgan fingerprint density at radius 2 is 2.05 bits per heavy atom. The fraction of sp³-hybridized carbons (Fsp3) is 0.692. The predicted molar refractivity (Wildman–Crippen MR) is 79.9 cm³/mol. The van der Waals surface area contributed by atoms with E-state index in [0.29, 0.717) is 12.8 Å². The van der Waals surface area contributed by atoms with Crippen LogP contribution in [-0.2, 0) is 23.2 Å². The topological polar surface area (TPSA) is 100 Å². The van der Waals surface area contributed by atoms with Crippen molar-refractivity contribution in [1.29, 1.82) is 0 Å². The van der Waals surface area contributed by atoms with E-state index in [0.717, 1.165) is 12.0 Å². The SMILES string of the molecule is CCOP(=O)(C=C1CCCC1C(=NOC)C(N)=O)OCC. The maximum Gasteiger partial charge on any atom is 0.354 e. The van der Waals surface area contributed by atoms with Gasteiger partial charge in [0, 0.05) is 11.7 Å². The maximum atomic E-state index is 12.6. The molecular weight excluding hydrogens is 295 g/mol. The quantitative estimate of drug-likeness (QED) is 0.421. The molecule has 120 valence electrons. The van der Waals surface area contributed by atoms with Crippen LogP contribution in [0.4, 0.5) is 0 Å². The molecule has 1 fully saturated rings. The second kappa shape index (κ2) is 8.32. The minimum atomic E-state index is -3.30. The van der Waals surface area contributed by atoms with Gasteiger partial charge in [0.25, 0.3) is 5.91 Å². The molecule has 1 aliphatic carbocycles. The lowest BCUT2D eigenvalue weighted by molar-refractivity contribution is -0.112. The Bertz CT molecular complexity index is 465. The van der Waals surface area contributed by atoms with Gasteiger partial charge in [0.05, 0.1) is 13.2 Å². The Balaban J connectivity index is 3.09. The number of amides is 1. The molecule has 0 aliphatic heterocycles. The summed E-state index contributed by atoms with van der Waals surface area (Å²) >= 11 is 0. The van der Waals surface area contributed by atoms with Gasteiger partial charge in [0.1, 0.15) is 7.11 Å². The van der Waals surface area contributed by atoms with E-state index in [1.54, 1.807) is 13.8 Å². The van der Waals surface area contributed by atoms with Crippen molar-refractivity contribution in [2.45, 2.75) is 33.1 Å². The minimum Gasteiger partial charge on any atom is -0.399 e. The Hall–Kier alpha value is -1.17. The monoisotopic (exact) mass is 318 g/mol. The molecule has 1 unspecified atom stereocenters. The molecule has 0 aromatic rings. The number of oxime groups is 1. The molecule has 21 heavy (non-hydrogen) atoms. The summed E-state index contributed by atoms with van der Waals surface area (Å²) in [5.41, 5.74) is 6.28. The van der Waals surface area contributed by atoms with Crippen molar-refractivity contribution in [2.24, 2.45) is 16.8 Å². The van der Waals surface area contributed by atoms with Gasteiger partial charge in [-0.3, -0.25) is 9.36 Å². The first-order valence-electron chi connectivity index (χ1n) is 6.98.